The number of benzene rings is 1. The largest absolute Gasteiger partial charge is 0.435 e. The van der Waals surface area contributed by atoms with Crippen molar-refractivity contribution in [2.24, 2.45) is 0 Å². The van der Waals surface area contributed by atoms with Gasteiger partial charge in [0.15, 0.2) is 0 Å². The molecular formula is C18H21F2N7O2S. The van der Waals surface area contributed by atoms with E-state index in [0.29, 0.717) is 24.1 Å². The van der Waals surface area contributed by atoms with Crippen LogP contribution in [-0.4, -0.2) is 49.5 Å². The summed E-state index contributed by atoms with van der Waals surface area (Å²) in [7, 11) is 0. The number of alkyl halides is 2. The molecule has 1 amide bonds. The van der Waals surface area contributed by atoms with Crippen LogP contribution in [0.15, 0.2) is 35.5 Å². The van der Waals surface area contributed by atoms with Crippen molar-refractivity contribution in [1.29, 1.82) is 0 Å². The van der Waals surface area contributed by atoms with Crippen molar-refractivity contribution in [3.8, 4) is 11.7 Å². The van der Waals surface area contributed by atoms with E-state index in [2.05, 4.69) is 25.3 Å². The summed E-state index contributed by atoms with van der Waals surface area (Å²) in [4.78, 5) is 12.1. The molecule has 0 unspecified atom stereocenters. The van der Waals surface area contributed by atoms with Gasteiger partial charge in [0.05, 0.1) is 11.4 Å². The van der Waals surface area contributed by atoms with Crippen LogP contribution in [0.5, 0.6) is 5.75 Å². The van der Waals surface area contributed by atoms with Gasteiger partial charge in [-0.2, -0.15) is 13.9 Å². The first-order chi connectivity index (χ1) is 14.3. The molecule has 30 heavy (non-hydrogen) atoms. The van der Waals surface area contributed by atoms with Crippen molar-refractivity contribution in [1.82, 2.24) is 30.0 Å². The van der Waals surface area contributed by atoms with Gasteiger partial charge in [-0.05, 0) is 44.0 Å². The van der Waals surface area contributed by atoms with E-state index < -0.39 is 6.61 Å². The zero-order valence-electron chi connectivity index (χ0n) is 16.4. The number of nitrogens with zero attached hydrogens (tertiary/aromatic N) is 5. The average Bonchev–Trinajstić information content (AvgIpc) is 3.22. The lowest BCUT2D eigenvalue weighted by Gasteiger charge is -2.07. The zero-order chi connectivity index (χ0) is 21.7. The molecular weight excluding hydrogens is 416 g/mol. The normalized spacial score (nSPS) is 11.1. The number of aryl methyl sites for hydroxylation is 2. The summed E-state index contributed by atoms with van der Waals surface area (Å²) in [6.45, 7) is 1.30. The number of nitrogens with two attached hydrogens (primary N) is 1. The van der Waals surface area contributed by atoms with Gasteiger partial charge in [-0.3, -0.25) is 4.79 Å². The topological polar surface area (TPSA) is 113 Å². The number of thioether (sulfide) groups is 1. The predicted octanol–water partition coefficient (Wildman–Crippen LogP) is 1.85. The Labute approximate surface area is 175 Å². The Bertz CT molecular complexity index is 1000. The Balaban J connectivity index is 1.45. The fraction of sp³-hybridized carbons (Fsp3) is 0.333. The molecule has 12 heteroatoms. The maximum absolute atomic E-state index is 12.1. The Morgan fingerprint density at radius 1 is 1.27 bits per heavy atom. The minimum Gasteiger partial charge on any atom is -0.435 e. The summed E-state index contributed by atoms with van der Waals surface area (Å²) in [5.74, 6) is 6.43. The molecule has 0 radical (unpaired) electrons. The fourth-order valence-electron chi connectivity index (χ4n) is 2.71. The van der Waals surface area contributed by atoms with Crippen molar-refractivity contribution in [2.45, 2.75) is 32.0 Å². The van der Waals surface area contributed by atoms with Crippen LogP contribution in [0.3, 0.4) is 0 Å². The molecule has 1 aromatic carbocycles. The number of amides is 1. The maximum atomic E-state index is 12.1. The van der Waals surface area contributed by atoms with E-state index in [0.717, 1.165) is 28.7 Å². The van der Waals surface area contributed by atoms with Crippen molar-refractivity contribution in [3.05, 3.63) is 47.3 Å². The van der Waals surface area contributed by atoms with Crippen LogP contribution in [0.4, 0.5) is 8.78 Å². The number of carbonyl (C=O) groups is 1. The lowest BCUT2D eigenvalue weighted by atomic mass is 10.1. The summed E-state index contributed by atoms with van der Waals surface area (Å²) in [5, 5.41) is 15.6. The summed E-state index contributed by atoms with van der Waals surface area (Å²) in [5.41, 5.74) is 2.59. The highest BCUT2D eigenvalue weighted by Gasteiger charge is 2.16. The summed E-state index contributed by atoms with van der Waals surface area (Å²) in [6.07, 6.45) is 0.556. The first kappa shape index (κ1) is 21.6. The number of aromatic nitrogens is 5. The molecule has 0 aliphatic heterocycles. The molecule has 0 fully saturated rings. The van der Waals surface area contributed by atoms with Gasteiger partial charge in [0.25, 0.3) is 5.95 Å². The third kappa shape index (κ3) is 5.47. The Morgan fingerprint density at radius 2 is 2.00 bits per heavy atom. The number of nitrogens with one attached hydrogen (secondary N) is 1. The molecule has 0 saturated heterocycles. The van der Waals surface area contributed by atoms with Crippen molar-refractivity contribution in [2.75, 3.05) is 18.1 Å². The van der Waals surface area contributed by atoms with Crippen LogP contribution >= 0.6 is 11.8 Å². The van der Waals surface area contributed by atoms with Crippen LogP contribution in [0.2, 0.25) is 0 Å². The molecule has 0 saturated carbocycles. The smallest absolute Gasteiger partial charge is 0.387 e. The summed E-state index contributed by atoms with van der Waals surface area (Å²) >= 11 is 1.16. The molecule has 9 nitrogen and oxygen atoms in total. The van der Waals surface area contributed by atoms with Gasteiger partial charge >= 0.3 is 6.61 Å². The number of nitrogen functional groups attached to an aromatic ring is 1. The van der Waals surface area contributed by atoms with E-state index >= 15 is 0 Å². The third-order valence-electron chi connectivity index (χ3n) is 4.06. The fourth-order valence-corrected chi connectivity index (χ4v) is 3.39. The molecule has 3 aromatic rings. The second-order valence-corrected chi connectivity index (χ2v) is 7.35. The zero-order valence-corrected chi connectivity index (χ0v) is 17.2. The minimum atomic E-state index is -2.85. The van der Waals surface area contributed by atoms with Gasteiger partial charge in [-0.1, -0.05) is 23.9 Å². The van der Waals surface area contributed by atoms with Crippen molar-refractivity contribution in [3.63, 3.8) is 0 Å². The molecule has 2 aromatic heterocycles. The molecule has 0 bridgehead atoms. The highest BCUT2D eigenvalue weighted by Crippen LogP contribution is 2.17. The number of hydrogen-bond acceptors (Lipinski definition) is 7. The van der Waals surface area contributed by atoms with Crippen LogP contribution in [-0.2, 0) is 11.2 Å². The predicted molar refractivity (Wildman–Crippen MR) is 107 cm³/mol. The second-order valence-electron chi connectivity index (χ2n) is 6.40. The highest BCUT2D eigenvalue weighted by atomic mass is 32.2. The van der Waals surface area contributed by atoms with E-state index in [1.54, 1.807) is 16.8 Å². The standard InChI is InChI=1S/C18H21F2N7O2S/c1-11-9-12(2)27(25-11)17-23-24-18(26(17)21)30-10-15(28)22-8-7-13-3-5-14(6-4-13)29-16(19)20/h3-6,9,16H,7-8,10,21H2,1-2H3,(H,22,28). The van der Waals surface area contributed by atoms with Crippen LogP contribution in [0, 0.1) is 13.8 Å². The van der Waals surface area contributed by atoms with Gasteiger partial charge in [0.2, 0.25) is 11.1 Å². The molecule has 160 valence electrons. The van der Waals surface area contributed by atoms with Gasteiger partial charge in [0.1, 0.15) is 5.75 Å². The second kappa shape index (κ2) is 9.57. The third-order valence-corrected chi connectivity index (χ3v) is 5.01. The van der Waals surface area contributed by atoms with Crippen LogP contribution in [0.1, 0.15) is 17.0 Å². The Morgan fingerprint density at radius 3 is 2.63 bits per heavy atom. The van der Waals surface area contributed by atoms with Gasteiger partial charge < -0.3 is 15.9 Å². The molecule has 2 heterocycles. The Kier molecular flexibility index (Phi) is 6.87. The van der Waals surface area contributed by atoms with E-state index in [-0.39, 0.29) is 17.4 Å². The minimum absolute atomic E-state index is 0.0971. The average molecular weight is 437 g/mol. The van der Waals surface area contributed by atoms with E-state index in [4.69, 9.17) is 5.84 Å². The van der Waals surface area contributed by atoms with Crippen molar-refractivity contribution >= 4 is 17.7 Å². The van der Waals surface area contributed by atoms with Gasteiger partial charge in [-0.25, -0.2) is 9.36 Å². The molecule has 0 atom stereocenters. The van der Waals surface area contributed by atoms with Crippen LogP contribution < -0.4 is 15.9 Å². The number of rotatable bonds is 9. The van der Waals surface area contributed by atoms with Crippen molar-refractivity contribution < 1.29 is 18.3 Å². The first-order valence-electron chi connectivity index (χ1n) is 9.01. The molecule has 3 rings (SSSR count). The molecule has 0 spiro atoms. The number of carbonyl (C=O) groups excluding carboxylic acids is 1. The maximum Gasteiger partial charge on any atom is 0.387 e. The molecule has 0 aliphatic carbocycles. The summed E-state index contributed by atoms with van der Waals surface area (Å²) < 4.78 is 31.5. The van der Waals surface area contributed by atoms with Gasteiger partial charge in [0, 0.05) is 12.2 Å². The number of ether oxygens (including phenoxy) is 1. The lowest BCUT2D eigenvalue weighted by Crippen LogP contribution is -2.27. The van der Waals surface area contributed by atoms with E-state index in [1.165, 1.54) is 16.8 Å². The highest BCUT2D eigenvalue weighted by molar-refractivity contribution is 7.99. The van der Waals surface area contributed by atoms with Gasteiger partial charge in [-0.15, -0.1) is 10.2 Å². The molecule has 3 N–H and O–H groups in total. The number of halogens is 2. The Hall–Kier alpha value is -3.15. The summed E-state index contributed by atoms with van der Waals surface area (Å²) in [6, 6.07) is 8.18. The van der Waals surface area contributed by atoms with E-state index in [9.17, 15) is 13.6 Å². The number of hydrogen-bond donors (Lipinski definition) is 2. The monoisotopic (exact) mass is 437 g/mol. The first-order valence-corrected chi connectivity index (χ1v) is 9.99. The SMILES string of the molecule is Cc1cc(C)n(-c2nnc(SCC(=O)NCCc3ccc(OC(F)F)cc3)n2N)n1. The van der Waals surface area contributed by atoms with E-state index in [1.807, 2.05) is 19.9 Å². The quantitative estimate of drug-likeness (QED) is 0.388. The molecule has 0 aliphatic rings. The van der Waals surface area contributed by atoms with Crippen LogP contribution in [0.25, 0.3) is 5.95 Å². The lowest BCUT2D eigenvalue weighted by molar-refractivity contribution is -0.118.